The minimum atomic E-state index is -0.680. The lowest BCUT2D eigenvalue weighted by atomic mass is 10.0. The first-order valence-corrected chi connectivity index (χ1v) is 4.72. The summed E-state index contributed by atoms with van der Waals surface area (Å²) in [5.74, 6) is 0.261. The number of halogens is 1. The molecule has 0 aliphatic rings. The molecule has 15 heavy (non-hydrogen) atoms. The van der Waals surface area contributed by atoms with Crippen molar-refractivity contribution in [3.8, 4) is 11.9 Å². The molecule has 0 aliphatic heterocycles. The molecule has 84 valence electrons. The zero-order valence-electron chi connectivity index (χ0n) is 9.17. The van der Waals surface area contributed by atoms with Crippen LogP contribution in [-0.2, 0) is 5.54 Å². The average molecular weight is 232 g/mol. The van der Waals surface area contributed by atoms with Crippen LogP contribution in [0.15, 0.2) is 0 Å². The van der Waals surface area contributed by atoms with Gasteiger partial charge < -0.3 is 15.2 Å². The molecule has 1 rings (SSSR count). The van der Waals surface area contributed by atoms with Crippen LogP contribution in [0.2, 0.25) is 5.02 Å². The van der Waals surface area contributed by atoms with Crippen LogP contribution in [0.1, 0.15) is 19.5 Å². The van der Waals surface area contributed by atoms with Crippen molar-refractivity contribution in [1.82, 2.24) is 9.97 Å². The second-order valence-electron chi connectivity index (χ2n) is 3.60. The molecule has 1 heterocycles. The second kappa shape index (κ2) is 4.20. The molecule has 1 aromatic heterocycles. The predicted molar refractivity (Wildman–Crippen MR) is 57.4 cm³/mol. The van der Waals surface area contributed by atoms with Gasteiger partial charge in [-0.05, 0) is 13.8 Å². The molecule has 0 spiro atoms. The first-order valence-electron chi connectivity index (χ1n) is 4.35. The van der Waals surface area contributed by atoms with Gasteiger partial charge in [-0.1, -0.05) is 11.6 Å². The quantitative estimate of drug-likeness (QED) is 0.850. The van der Waals surface area contributed by atoms with Crippen molar-refractivity contribution in [1.29, 1.82) is 0 Å². The van der Waals surface area contributed by atoms with Gasteiger partial charge in [-0.2, -0.15) is 9.97 Å². The highest BCUT2D eigenvalue weighted by molar-refractivity contribution is 6.32. The average Bonchev–Trinajstić information content (AvgIpc) is 2.16. The Labute approximate surface area is 93.6 Å². The molecule has 0 unspecified atom stereocenters. The van der Waals surface area contributed by atoms with Crippen LogP contribution >= 0.6 is 11.6 Å². The number of hydrogen-bond donors (Lipinski definition) is 1. The van der Waals surface area contributed by atoms with Gasteiger partial charge in [0.1, 0.15) is 5.02 Å². The van der Waals surface area contributed by atoms with E-state index < -0.39 is 5.54 Å². The number of nitrogens with zero attached hydrogens (tertiary/aromatic N) is 2. The highest BCUT2D eigenvalue weighted by Crippen LogP contribution is 2.32. The van der Waals surface area contributed by atoms with E-state index in [0.29, 0.717) is 10.7 Å². The number of rotatable bonds is 3. The van der Waals surface area contributed by atoms with Crippen LogP contribution in [0.5, 0.6) is 11.9 Å². The Bertz CT molecular complexity index is 363. The van der Waals surface area contributed by atoms with Crippen molar-refractivity contribution in [2.45, 2.75) is 19.4 Å². The maximum Gasteiger partial charge on any atom is 0.319 e. The summed E-state index contributed by atoms with van der Waals surface area (Å²) >= 11 is 6.04. The summed E-state index contributed by atoms with van der Waals surface area (Å²) in [7, 11) is 2.94. The molecule has 0 aromatic carbocycles. The normalized spacial score (nSPS) is 11.3. The van der Waals surface area contributed by atoms with Crippen LogP contribution in [0.3, 0.4) is 0 Å². The van der Waals surface area contributed by atoms with E-state index in [1.54, 1.807) is 13.8 Å². The van der Waals surface area contributed by atoms with Crippen molar-refractivity contribution in [2.75, 3.05) is 14.2 Å². The number of methoxy groups -OCH3 is 2. The third-order valence-electron chi connectivity index (χ3n) is 1.79. The van der Waals surface area contributed by atoms with Gasteiger partial charge in [-0.25, -0.2) is 0 Å². The monoisotopic (exact) mass is 231 g/mol. The fraction of sp³-hybridized carbons (Fsp3) is 0.556. The number of hydrogen-bond acceptors (Lipinski definition) is 5. The van der Waals surface area contributed by atoms with E-state index in [0.717, 1.165) is 0 Å². The van der Waals surface area contributed by atoms with Gasteiger partial charge in [0.05, 0.1) is 25.5 Å². The SMILES string of the molecule is COc1nc(OC)c(Cl)c(C(C)(C)N)n1. The second-order valence-corrected chi connectivity index (χ2v) is 3.98. The molecule has 0 amide bonds. The Hall–Kier alpha value is -1.07. The van der Waals surface area contributed by atoms with E-state index in [2.05, 4.69) is 9.97 Å². The van der Waals surface area contributed by atoms with Gasteiger partial charge in [0.15, 0.2) is 0 Å². The fourth-order valence-electron chi connectivity index (χ4n) is 1.06. The third-order valence-corrected chi connectivity index (χ3v) is 2.13. The molecule has 0 aliphatic carbocycles. The smallest absolute Gasteiger partial charge is 0.319 e. The molecule has 0 radical (unpaired) electrons. The van der Waals surface area contributed by atoms with Gasteiger partial charge >= 0.3 is 6.01 Å². The summed E-state index contributed by atoms with van der Waals surface area (Å²) in [6, 6.07) is 0.185. The molecule has 6 heteroatoms. The van der Waals surface area contributed by atoms with E-state index in [9.17, 15) is 0 Å². The molecular weight excluding hydrogens is 218 g/mol. The molecule has 0 saturated heterocycles. The molecule has 0 fully saturated rings. The predicted octanol–water partition coefficient (Wildman–Crippen LogP) is 1.34. The van der Waals surface area contributed by atoms with Crippen LogP contribution in [-0.4, -0.2) is 24.2 Å². The van der Waals surface area contributed by atoms with E-state index in [1.807, 2.05) is 0 Å². The lowest BCUT2D eigenvalue weighted by Crippen LogP contribution is -2.30. The maximum atomic E-state index is 6.04. The lowest BCUT2D eigenvalue weighted by molar-refractivity contribution is 0.345. The van der Waals surface area contributed by atoms with E-state index in [-0.39, 0.29) is 11.9 Å². The zero-order valence-corrected chi connectivity index (χ0v) is 9.92. The standard InChI is InChI=1S/C9H14ClN3O2/c1-9(2,11)6-5(10)7(14-3)13-8(12-6)15-4/h11H2,1-4H3. The Morgan fingerprint density at radius 1 is 1.20 bits per heavy atom. The third kappa shape index (κ3) is 2.49. The number of ether oxygens (including phenoxy) is 2. The van der Waals surface area contributed by atoms with Crippen LogP contribution in [0, 0.1) is 0 Å². The van der Waals surface area contributed by atoms with Gasteiger partial charge in [-0.3, -0.25) is 0 Å². The van der Waals surface area contributed by atoms with Crippen LogP contribution in [0.4, 0.5) is 0 Å². The van der Waals surface area contributed by atoms with Crippen molar-refractivity contribution < 1.29 is 9.47 Å². The summed E-state index contributed by atoms with van der Waals surface area (Å²) in [5, 5.41) is 0.311. The van der Waals surface area contributed by atoms with Crippen molar-refractivity contribution in [3.05, 3.63) is 10.7 Å². The Morgan fingerprint density at radius 2 is 1.80 bits per heavy atom. The van der Waals surface area contributed by atoms with Crippen molar-refractivity contribution >= 4 is 11.6 Å². The Morgan fingerprint density at radius 3 is 2.20 bits per heavy atom. The maximum absolute atomic E-state index is 6.04. The van der Waals surface area contributed by atoms with Crippen molar-refractivity contribution in [3.63, 3.8) is 0 Å². The summed E-state index contributed by atoms with van der Waals surface area (Å²) in [6.45, 7) is 3.58. The highest BCUT2D eigenvalue weighted by Gasteiger charge is 2.24. The molecule has 0 saturated carbocycles. The highest BCUT2D eigenvalue weighted by atomic mass is 35.5. The van der Waals surface area contributed by atoms with E-state index in [4.69, 9.17) is 26.8 Å². The first-order chi connectivity index (χ1) is 6.90. The van der Waals surface area contributed by atoms with Gasteiger partial charge in [0.25, 0.3) is 0 Å². The van der Waals surface area contributed by atoms with Gasteiger partial charge in [0.2, 0.25) is 5.88 Å². The lowest BCUT2D eigenvalue weighted by Gasteiger charge is -2.20. The van der Waals surface area contributed by atoms with Gasteiger partial charge in [-0.15, -0.1) is 0 Å². The van der Waals surface area contributed by atoms with E-state index >= 15 is 0 Å². The summed E-state index contributed by atoms with van der Waals surface area (Å²) in [5.41, 5.74) is 5.73. The first kappa shape index (κ1) is 12.0. The molecular formula is C9H14ClN3O2. The summed E-state index contributed by atoms with van der Waals surface area (Å²) in [6.07, 6.45) is 0. The topological polar surface area (TPSA) is 70.3 Å². The Kier molecular flexibility index (Phi) is 3.36. The zero-order chi connectivity index (χ0) is 11.6. The van der Waals surface area contributed by atoms with Gasteiger partial charge in [0, 0.05) is 0 Å². The largest absolute Gasteiger partial charge is 0.480 e. The minimum absolute atomic E-state index is 0.185. The van der Waals surface area contributed by atoms with Crippen LogP contribution in [0.25, 0.3) is 0 Å². The molecule has 1 aromatic rings. The molecule has 2 N–H and O–H groups in total. The number of aromatic nitrogens is 2. The summed E-state index contributed by atoms with van der Waals surface area (Å²) < 4.78 is 9.94. The summed E-state index contributed by atoms with van der Waals surface area (Å²) in [4.78, 5) is 8.04. The molecule has 0 atom stereocenters. The fourth-order valence-corrected chi connectivity index (χ4v) is 1.47. The van der Waals surface area contributed by atoms with Crippen LogP contribution < -0.4 is 15.2 Å². The number of nitrogens with two attached hydrogens (primary N) is 1. The molecule has 5 nitrogen and oxygen atoms in total. The van der Waals surface area contributed by atoms with E-state index in [1.165, 1.54) is 14.2 Å². The van der Waals surface area contributed by atoms with Crippen molar-refractivity contribution in [2.24, 2.45) is 5.73 Å². The molecule has 0 bridgehead atoms. The minimum Gasteiger partial charge on any atom is -0.480 e. The Balaban J connectivity index is 3.37.